The third-order valence-electron chi connectivity index (χ3n) is 2.64. The van der Waals surface area contributed by atoms with Gasteiger partial charge >= 0.3 is 5.97 Å². The van der Waals surface area contributed by atoms with E-state index in [1.165, 1.54) is 7.11 Å². The maximum Gasteiger partial charge on any atom is 0.328 e. The Labute approximate surface area is 113 Å². The van der Waals surface area contributed by atoms with Gasteiger partial charge in [-0.15, -0.1) is 12.3 Å². The van der Waals surface area contributed by atoms with Crippen molar-refractivity contribution < 1.29 is 14.3 Å². The lowest BCUT2D eigenvalue weighted by Crippen LogP contribution is -2.41. The molecule has 0 bridgehead atoms. The molecule has 0 aromatic heterocycles. The van der Waals surface area contributed by atoms with E-state index in [1.807, 2.05) is 6.07 Å². The Bertz CT molecular complexity index is 462. The summed E-state index contributed by atoms with van der Waals surface area (Å²) in [6.45, 7) is 0. The number of carbonyl (C=O) groups excluding carboxylic acids is 2. The van der Waals surface area contributed by atoms with Crippen molar-refractivity contribution in [1.82, 2.24) is 5.32 Å². The summed E-state index contributed by atoms with van der Waals surface area (Å²) < 4.78 is 4.67. The zero-order chi connectivity index (χ0) is 14.1. The van der Waals surface area contributed by atoms with Crippen LogP contribution in [0.25, 0.3) is 0 Å². The number of hydrogen-bond acceptors (Lipinski definition) is 3. The second kappa shape index (κ2) is 7.93. The van der Waals surface area contributed by atoms with E-state index in [2.05, 4.69) is 16.0 Å². The van der Waals surface area contributed by atoms with E-state index in [4.69, 9.17) is 6.42 Å². The number of esters is 1. The number of benzene rings is 1. The molecular weight excluding hydrogens is 242 g/mol. The molecule has 1 aromatic rings. The largest absolute Gasteiger partial charge is 0.467 e. The van der Waals surface area contributed by atoms with E-state index >= 15 is 0 Å². The standard InChI is InChI=1S/C15H17NO3/c1-3-4-6-11-13(15(18)19-2)16-14(17)12-9-7-5-8-10-12/h1,5,7-10,13H,4,6,11H2,2H3,(H,16,17)/t13-/m1/s1. The number of terminal acetylenes is 1. The van der Waals surface area contributed by atoms with Crippen LogP contribution >= 0.6 is 0 Å². The fraction of sp³-hybridized carbons (Fsp3) is 0.333. The minimum absolute atomic E-state index is 0.295. The minimum Gasteiger partial charge on any atom is -0.467 e. The highest BCUT2D eigenvalue weighted by atomic mass is 16.5. The molecule has 0 saturated carbocycles. The first-order chi connectivity index (χ1) is 9.19. The van der Waals surface area contributed by atoms with Crippen LogP contribution in [0.1, 0.15) is 29.6 Å². The molecule has 1 N–H and O–H groups in total. The molecule has 0 saturated heterocycles. The van der Waals surface area contributed by atoms with Gasteiger partial charge in [-0.1, -0.05) is 18.2 Å². The van der Waals surface area contributed by atoms with Gasteiger partial charge in [0.05, 0.1) is 7.11 Å². The van der Waals surface area contributed by atoms with Crippen LogP contribution in [-0.2, 0) is 9.53 Å². The van der Waals surface area contributed by atoms with Gasteiger partial charge < -0.3 is 10.1 Å². The first kappa shape index (κ1) is 14.8. The van der Waals surface area contributed by atoms with Crippen LogP contribution in [-0.4, -0.2) is 25.0 Å². The number of nitrogens with one attached hydrogen (secondary N) is 1. The van der Waals surface area contributed by atoms with Crippen LogP contribution in [0.5, 0.6) is 0 Å². The van der Waals surface area contributed by atoms with Gasteiger partial charge in [0.1, 0.15) is 6.04 Å². The second-order valence-corrected chi connectivity index (χ2v) is 4.01. The number of carbonyl (C=O) groups is 2. The summed E-state index contributed by atoms with van der Waals surface area (Å²) in [5, 5.41) is 2.66. The Morgan fingerprint density at radius 1 is 1.37 bits per heavy atom. The van der Waals surface area contributed by atoms with E-state index in [-0.39, 0.29) is 5.91 Å². The van der Waals surface area contributed by atoms with Crippen molar-refractivity contribution in [2.24, 2.45) is 0 Å². The Balaban J connectivity index is 2.64. The van der Waals surface area contributed by atoms with Gasteiger partial charge in [0.2, 0.25) is 0 Å². The van der Waals surface area contributed by atoms with E-state index in [1.54, 1.807) is 24.3 Å². The van der Waals surface area contributed by atoms with Crippen molar-refractivity contribution in [3.05, 3.63) is 35.9 Å². The van der Waals surface area contributed by atoms with Gasteiger partial charge in [0.25, 0.3) is 5.91 Å². The molecule has 0 fully saturated rings. The number of ether oxygens (including phenoxy) is 1. The van der Waals surface area contributed by atoms with Crippen molar-refractivity contribution in [2.75, 3.05) is 7.11 Å². The predicted octanol–water partition coefficient (Wildman–Crippen LogP) is 1.76. The number of hydrogen-bond donors (Lipinski definition) is 1. The first-order valence-electron chi connectivity index (χ1n) is 6.06. The summed E-state index contributed by atoms with van der Waals surface area (Å²) in [4.78, 5) is 23.5. The molecule has 1 amide bonds. The Kier molecular flexibility index (Phi) is 6.17. The summed E-state index contributed by atoms with van der Waals surface area (Å²) in [6, 6.07) is 8.06. The van der Waals surface area contributed by atoms with Crippen molar-refractivity contribution in [3.8, 4) is 12.3 Å². The topological polar surface area (TPSA) is 55.4 Å². The highest BCUT2D eigenvalue weighted by molar-refractivity contribution is 5.96. The molecule has 0 aliphatic rings. The normalized spacial score (nSPS) is 11.2. The third kappa shape index (κ3) is 4.84. The molecule has 0 aliphatic carbocycles. The maximum absolute atomic E-state index is 11.9. The lowest BCUT2D eigenvalue weighted by atomic mass is 10.1. The molecule has 0 unspecified atom stereocenters. The molecular formula is C15H17NO3. The average Bonchev–Trinajstić information content (AvgIpc) is 2.46. The quantitative estimate of drug-likeness (QED) is 0.481. The van der Waals surface area contributed by atoms with Crippen LogP contribution in [0.15, 0.2) is 30.3 Å². The molecule has 1 atom stereocenters. The van der Waals surface area contributed by atoms with Crippen molar-refractivity contribution >= 4 is 11.9 Å². The number of unbranched alkanes of at least 4 members (excludes halogenated alkanes) is 1. The van der Waals surface area contributed by atoms with E-state index in [0.29, 0.717) is 24.8 Å². The van der Waals surface area contributed by atoms with Crippen LogP contribution < -0.4 is 5.32 Å². The van der Waals surface area contributed by atoms with Crippen LogP contribution in [0, 0.1) is 12.3 Å². The maximum atomic E-state index is 11.9. The van der Waals surface area contributed by atoms with E-state index in [0.717, 1.165) is 0 Å². The fourth-order valence-corrected chi connectivity index (χ4v) is 1.63. The molecule has 4 heteroatoms. The lowest BCUT2D eigenvalue weighted by molar-refractivity contribution is -0.143. The summed E-state index contributed by atoms with van der Waals surface area (Å²) in [5.74, 6) is 1.75. The fourth-order valence-electron chi connectivity index (χ4n) is 1.63. The molecule has 1 rings (SSSR count). The summed E-state index contributed by atoms with van der Waals surface area (Å²) in [7, 11) is 1.30. The predicted molar refractivity (Wildman–Crippen MR) is 72.4 cm³/mol. The van der Waals surface area contributed by atoms with E-state index in [9.17, 15) is 9.59 Å². The molecule has 0 radical (unpaired) electrons. The summed E-state index contributed by atoms with van der Waals surface area (Å²) in [5.41, 5.74) is 0.508. The number of methoxy groups -OCH3 is 1. The lowest BCUT2D eigenvalue weighted by Gasteiger charge is -2.16. The zero-order valence-electron chi connectivity index (χ0n) is 10.9. The van der Waals surface area contributed by atoms with Gasteiger partial charge in [0.15, 0.2) is 0 Å². The molecule has 4 nitrogen and oxygen atoms in total. The second-order valence-electron chi connectivity index (χ2n) is 4.01. The molecule has 0 heterocycles. The monoisotopic (exact) mass is 259 g/mol. The smallest absolute Gasteiger partial charge is 0.328 e. The van der Waals surface area contributed by atoms with Crippen molar-refractivity contribution in [2.45, 2.75) is 25.3 Å². The summed E-state index contributed by atoms with van der Waals surface area (Å²) in [6.07, 6.45) is 6.85. The zero-order valence-corrected chi connectivity index (χ0v) is 10.9. The molecule has 0 aliphatic heterocycles. The van der Waals surface area contributed by atoms with Crippen molar-refractivity contribution in [3.63, 3.8) is 0 Å². The molecule has 1 aromatic carbocycles. The van der Waals surface area contributed by atoms with Gasteiger partial charge in [-0.05, 0) is 25.0 Å². The number of amides is 1. The van der Waals surface area contributed by atoms with Crippen LogP contribution in [0.3, 0.4) is 0 Å². The Morgan fingerprint density at radius 2 is 2.05 bits per heavy atom. The minimum atomic E-state index is -0.661. The Hall–Kier alpha value is -2.28. The van der Waals surface area contributed by atoms with Crippen LogP contribution in [0.4, 0.5) is 0 Å². The number of rotatable bonds is 6. The third-order valence-corrected chi connectivity index (χ3v) is 2.64. The molecule has 19 heavy (non-hydrogen) atoms. The van der Waals surface area contributed by atoms with Gasteiger partial charge in [-0.25, -0.2) is 4.79 Å². The van der Waals surface area contributed by atoms with Crippen molar-refractivity contribution in [1.29, 1.82) is 0 Å². The van der Waals surface area contributed by atoms with Gasteiger partial charge in [0, 0.05) is 12.0 Å². The molecule has 0 spiro atoms. The SMILES string of the molecule is C#CCCC[C@@H](NC(=O)c1ccccc1)C(=O)OC. The summed E-state index contributed by atoms with van der Waals surface area (Å²) >= 11 is 0. The first-order valence-corrected chi connectivity index (χ1v) is 6.06. The Morgan fingerprint density at radius 3 is 2.63 bits per heavy atom. The van der Waals surface area contributed by atoms with Crippen LogP contribution in [0.2, 0.25) is 0 Å². The highest BCUT2D eigenvalue weighted by Crippen LogP contribution is 2.05. The highest BCUT2D eigenvalue weighted by Gasteiger charge is 2.21. The van der Waals surface area contributed by atoms with Gasteiger partial charge in [-0.3, -0.25) is 4.79 Å². The average molecular weight is 259 g/mol. The molecule has 100 valence electrons. The van der Waals surface area contributed by atoms with E-state index < -0.39 is 12.0 Å². The van der Waals surface area contributed by atoms with Gasteiger partial charge in [-0.2, -0.15) is 0 Å².